The van der Waals surface area contributed by atoms with Gasteiger partial charge in [0, 0.05) is 6.42 Å². The van der Waals surface area contributed by atoms with Crippen LogP contribution in [0, 0.1) is 5.82 Å². The molecular formula is C17H21FO3. The van der Waals surface area contributed by atoms with Crippen LogP contribution in [0.3, 0.4) is 0 Å². The fraction of sp³-hybridized carbons (Fsp3) is 0.471. The summed E-state index contributed by atoms with van der Waals surface area (Å²) in [6.45, 7) is 4.54. The predicted molar refractivity (Wildman–Crippen MR) is 81.5 cm³/mol. The summed E-state index contributed by atoms with van der Waals surface area (Å²) in [4.78, 5) is 12.0. The lowest BCUT2D eigenvalue weighted by molar-refractivity contribution is 0.292. The summed E-state index contributed by atoms with van der Waals surface area (Å²) < 4.78 is 25.0. The minimum absolute atomic E-state index is 0.0251. The highest BCUT2D eigenvalue weighted by Gasteiger charge is 2.14. The van der Waals surface area contributed by atoms with Crippen molar-refractivity contribution in [1.82, 2.24) is 0 Å². The summed E-state index contributed by atoms with van der Waals surface area (Å²) in [5.74, 6) is 0.0842. The molecule has 0 radical (unpaired) electrons. The van der Waals surface area contributed by atoms with Crippen LogP contribution < -0.4 is 10.4 Å². The number of fused-ring (bicyclic) bond motifs is 1. The highest BCUT2D eigenvalue weighted by Crippen LogP contribution is 2.25. The maximum absolute atomic E-state index is 14.4. The molecule has 114 valence electrons. The van der Waals surface area contributed by atoms with E-state index in [1.807, 2.05) is 6.92 Å². The molecule has 21 heavy (non-hydrogen) atoms. The Morgan fingerprint density at radius 1 is 1.19 bits per heavy atom. The minimum Gasteiger partial charge on any atom is -0.490 e. The molecule has 0 amide bonds. The topological polar surface area (TPSA) is 39.4 Å². The van der Waals surface area contributed by atoms with Crippen LogP contribution in [-0.4, -0.2) is 6.61 Å². The van der Waals surface area contributed by atoms with Gasteiger partial charge in [-0.2, -0.15) is 0 Å². The van der Waals surface area contributed by atoms with Gasteiger partial charge in [-0.05, 0) is 30.4 Å². The molecule has 1 heterocycles. The zero-order valence-electron chi connectivity index (χ0n) is 12.6. The number of halogens is 1. The molecule has 0 aliphatic carbocycles. The van der Waals surface area contributed by atoms with Crippen LogP contribution in [0.15, 0.2) is 27.4 Å². The van der Waals surface area contributed by atoms with Crippen molar-refractivity contribution in [2.75, 3.05) is 6.61 Å². The van der Waals surface area contributed by atoms with Crippen LogP contribution in [0.4, 0.5) is 4.39 Å². The molecule has 3 nitrogen and oxygen atoms in total. The highest BCUT2D eigenvalue weighted by atomic mass is 19.1. The zero-order valence-corrected chi connectivity index (χ0v) is 12.6. The second-order valence-electron chi connectivity index (χ2n) is 5.15. The first-order chi connectivity index (χ1) is 10.2. The van der Waals surface area contributed by atoms with Gasteiger partial charge in [0.2, 0.25) is 0 Å². The molecule has 0 bridgehead atoms. The zero-order chi connectivity index (χ0) is 15.2. The van der Waals surface area contributed by atoms with Gasteiger partial charge in [0.1, 0.15) is 11.1 Å². The smallest absolute Gasteiger partial charge is 0.346 e. The molecular weight excluding hydrogens is 271 g/mol. The molecule has 0 N–H and O–H groups in total. The number of hydrogen-bond acceptors (Lipinski definition) is 3. The van der Waals surface area contributed by atoms with Crippen molar-refractivity contribution in [3.8, 4) is 5.75 Å². The van der Waals surface area contributed by atoms with Crippen LogP contribution in [0.2, 0.25) is 0 Å². The van der Waals surface area contributed by atoms with E-state index < -0.39 is 11.4 Å². The van der Waals surface area contributed by atoms with Crippen molar-refractivity contribution in [2.45, 2.75) is 46.0 Å². The van der Waals surface area contributed by atoms with Gasteiger partial charge in [-0.25, -0.2) is 9.18 Å². The lowest BCUT2D eigenvalue weighted by Gasteiger charge is -2.09. The Bertz CT molecular complexity index is 661. The van der Waals surface area contributed by atoms with Crippen LogP contribution in [0.5, 0.6) is 5.75 Å². The number of hydrogen-bond donors (Lipinski definition) is 0. The molecule has 1 aromatic carbocycles. The van der Waals surface area contributed by atoms with Gasteiger partial charge in [0.05, 0.1) is 6.61 Å². The third-order valence-corrected chi connectivity index (χ3v) is 3.39. The molecule has 1 aromatic heterocycles. The molecule has 0 fully saturated rings. The number of ether oxygens (including phenoxy) is 1. The fourth-order valence-electron chi connectivity index (χ4n) is 2.29. The van der Waals surface area contributed by atoms with Gasteiger partial charge in [0.25, 0.3) is 0 Å². The first-order valence-electron chi connectivity index (χ1n) is 7.55. The third-order valence-electron chi connectivity index (χ3n) is 3.39. The van der Waals surface area contributed by atoms with Gasteiger partial charge in [-0.3, -0.25) is 0 Å². The standard InChI is InChI=1S/C17H21FO3/c1-3-5-6-10-20-14-9-8-12-11-13(7-4-2)21-17(19)15(12)16(14)18/h8-9,11H,3-7,10H2,1-2H3. The SMILES string of the molecule is CCCCCOc1ccc2cc(CCC)oc(=O)c2c1F. The fourth-order valence-corrected chi connectivity index (χ4v) is 2.29. The summed E-state index contributed by atoms with van der Waals surface area (Å²) >= 11 is 0. The Hall–Kier alpha value is -1.84. The second kappa shape index (κ2) is 7.25. The molecule has 4 heteroatoms. The lowest BCUT2D eigenvalue weighted by Crippen LogP contribution is -2.07. The van der Waals surface area contributed by atoms with E-state index in [2.05, 4.69) is 6.92 Å². The Morgan fingerprint density at radius 3 is 2.71 bits per heavy atom. The van der Waals surface area contributed by atoms with E-state index in [1.165, 1.54) is 0 Å². The average molecular weight is 292 g/mol. The second-order valence-corrected chi connectivity index (χ2v) is 5.15. The predicted octanol–water partition coefficient (Wildman–Crippen LogP) is 4.45. The van der Waals surface area contributed by atoms with Crippen molar-refractivity contribution in [3.05, 3.63) is 40.2 Å². The summed E-state index contributed by atoms with van der Waals surface area (Å²) in [6.07, 6.45) is 4.53. The first kappa shape index (κ1) is 15.5. The molecule has 2 aromatic rings. The van der Waals surface area contributed by atoms with E-state index in [4.69, 9.17) is 9.15 Å². The van der Waals surface area contributed by atoms with Crippen molar-refractivity contribution in [1.29, 1.82) is 0 Å². The van der Waals surface area contributed by atoms with E-state index in [-0.39, 0.29) is 11.1 Å². The van der Waals surface area contributed by atoms with Gasteiger partial charge in [-0.1, -0.05) is 32.8 Å². The molecule has 0 aliphatic heterocycles. The molecule has 0 spiro atoms. The third kappa shape index (κ3) is 3.63. The largest absolute Gasteiger partial charge is 0.490 e. The van der Waals surface area contributed by atoms with Crippen LogP contribution in [0.25, 0.3) is 10.8 Å². The summed E-state index contributed by atoms with van der Waals surface area (Å²) in [5.41, 5.74) is -0.632. The van der Waals surface area contributed by atoms with E-state index in [0.717, 1.165) is 25.7 Å². The van der Waals surface area contributed by atoms with Crippen LogP contribution >= 0.6 is 0 Å². The quantitative estimate of drug-likeness (QED) is 0.708. The minimum atomic E-state index is -0.632. The van der Waals surface area contributed by atoms with Crippen LogP contribution in [-0.2, 0) is 6.42 Å². The van der Waals surface area contributed by atoms with Gasteiger partial charge < -0.3 is 9.15 Å². The highest BCUT2D eigenvalue weighted by molar-refractivity contribution is 5.83. The molecule has 0 saturated heterocycles. The Labute approximate surface area is 123 Å². The molecule has 0 saturated carbocycles. The van der Waals surface area contributed by atoms with Crippen LogP contribution in [0.1, 0.15) is 45.3 Å². The molecule has 0 unspecified atom stereocenters. The summed E-state index contributed by atoms with van der Waals surface area (Å²) in [7, 11) is 0. The van der Waals surface area contributed by atoms with E-state index in [9.17, 15) is 9.18 Å². The van der Waals surface area contributed by atoms with E-state index in [1.54, 1.807) is 18.2 Å². The molecule has 0 atom stereocenters. The normalized spacial score (nSPS) is 11.0. The van der Waals surface area contributed by atoms with Crippen molar-refractivity contribution >= 4 is 10.8 Å². The Balaban J connectivity index is 2.31. The van der Waals surface area contributed by atoms with Crippen molar-refractivity contribution in [2.24, 2.45) is 0 Å². The number of aryl methyl sites for hydroxylation is 1. The van der Waals surface area contributed by atoms with Crippen molar-refractivity contribution in [3.63, 3.8) is 0 Å². The van der Waals surface area contributed by atoms with Gasteiger partial charge in [-0.15, -0.1) is 0 Å². The maximum atomic E-state index is 14.4. The first-order valence-corrected chi connectivity index (χ1v) is 7.55. The number of unbranched alkanes of at least 4 members (excludes halogenated alkanes) is 2. The Morgan fingerprint density at radius 2 is 2.00 bits per heavy atom. The molecule has 0 aliphatic rings. The van der Waals surface area contributed by atoms with E-state index >= 15 is 0 Å². The monoisotopic (exact) mass is 292 g/mol. The summed E-state index contributed by atoms with van der Waals surface area (Å²) in [6, 6.07) is 5.02. The number of benzene rings is 1. The maximum Gasteiger partial charge on any atom is 0.346 e. The number of rotatable bonds is 7. The van der Waals surface area contributed by atoms with Crippen molar-refractivity contribution < 1.29 is 13.5 Å². The lowest BCUT2D eigenvalue weighted by atomic mass is 10.1. The summed E-state index contributed by atoms with van der Waals surface area (Å²) in [5, 5.41) is 0.538. The average Bonchev–Trinajstić information content (AvgIpc) is 2.45. The molecule has 2 rings (SSSR count). The Kier molecular flexibility index (Phi) is 5.37. The van der Waals surface area contributed by atoms with E-state index in [0.29, 0.717) is 24.2 Å². The van der Waals surface area contributed by atoms with Gasteiger partial charge in [0.15, 0.2) is 11.6 Å². The van der Waals surface area contributed by atoms with Gasteiger partial charge >= 0.3 is 5.63 Å².